The zero-order chi connectivity index (χ0) is 20.1. The first-order valence-electron chi connectivity index (χ1n) is 8.45. The minimum Gasteiger partial charge on any atom is -0.480 e. The fourth-order valence-electron chi connectivity index (χ4n) is 1.56. The maximum atomic E-state index is 9.24. The molecule has 0 saturated carbocycles. The fraction of sp³-hybridized carbons (Fsp3) is 0.929. The number of aliphatic carboxylic acids is 1. The molecule has 0 atom stereocenters. The van der Waals surface area contributed by atoms with Crippen LogP contribution in [0.25, 0.3) is 0 Å². The third-order valence-corrected chi connectivity index (χ3v) is 2.76. The van der Waals surface area contributed by atoms with Crippen molar-refractivity contribution in [3.63, 3.8) is 0 Å². The highest BCUT2D eigenvalue weighted by Gasteiger charge is 2.02. The standard InChI is InChI=1S/C12H29N3.C2H5NO2.H3O4P/c1-3-5-10-15(11-6-4-2)12-9-14-8-7-13;3-1-2(4)5;1-5(2,3)4/h14H,3-13H2,1-2H3;1,3H2,(H,4,5);(H3,1,2,3,4). The van der Waals surface area contributed by atoms with E-state index < -0.39 is 13.8 Å². The van der Waals surface area contributed by atoms with Gasteiger partial charge in [-0.25, -0.2) is 4.57 Å². The van der Waals surface area contributed by atoms with E-state index in [2.05, 4.69) is 29.8 Å². The van der Waals surface area contributed by atoms with Crippen LogP contribution in [0, 0.1) is 0 Å². The number of unbranched alkanes of at least 4 members (excludes halogenated alkanes) is 2. The molecule has 25 heavy (non-hydrogen) atoms. The topological polar surface area (TPSA) is 182 Å². The van der Waals surface area contributed by atoms with Crippen LogP contribution in [0.1, 0.15) is 39.5 Å². The minimum atomic E-state index is -4.64. The molecule has 0 heterocycles. The van der Waals surface area contributed by atoms with Crippen LogP contribution in [-0.4, -0.2) is 76.5 Å². The Hall–Kier alpha value is -0.580. The molecule has 0 radical (unpaired) electrons. The average molecular weight is 388 g/mol. The molecule has 0 aliphatic rings. The van der Waals surface area contributed by atoms with Gasteiger partial charge in [-0.15, -0.1) is 0 Å². The lowest BCUT2D eigenvalue weighted by Crippen LogP contribution is -2.35. The van der Waals surface area contributed by atoms with Crippen LogP contribution in [0.15, 0.2) is 0 Å². The van der Waals surface area contributed by atoms with E-state index in [0.29, 0.717) is 0 Å². The van der Waals surface area contributed by atoms with E-state index in [-0.39, 0.29) is 6.54 Å². The normalized spacial score (nSPS) is 10.6. The summed E-state index contributed by atoms with van der Waals surface area (Å²) in [6.45, 7) is 10.7. The molecule has 0 spiro atoms. The molecule has 10 nitrogen and oxygen atoms in total. The lowest BCUT2D eigenvalue weighted by molar-refractivity contribution is -0.135. The molecule has 11 heteroatoms. The SMILES string of the molecule is CCCCN(CCCC)CCNCCN.NCC(=O)O.O=P(O)(O)O. The number of rotatable bonds is 12. The van der Waals surface area contributed by atoms with Crippen LogP contribution in [0.2, 0.25) is 0 Å². The van der Waals surface area contributed by atoms with Crippen molar-refractivity contribution < 1.29 is 29.1 Å². The smallest absolute Gasteiger partial charge is 0.466 e. The van der Waals surface area contributed by atoms with Crippen molar-refractivity contribution in [3.05, 3.63) is 0 Å². The fourth-order valence-corrected chi connectivity index (χ4v) is 1.56. The van der Waals surface area contributed by atoms with Gasteiger partial charge in [-0.05, 0) is 25.9 Å². The summed E-state index contributed by atoms with van der Waals surface area (Å²) in [7, 11) is -4.64. The quantitative estimate of drug-likeness (QED) is 0.170. The second-order valence-electron chi connectivity index (χ2n) is 5.20. The number of carboxylic acids is 1. The van der Waals surface area contributed by atoms with Gasteiger partial charge in [-0.1, -0.05) is 26.7 Å². The number of nitrogens with two attached hydrogens (primary N) is 2. The van der Waals surface area contributed by atoms with Gasteiger partial charge >= 0.3 is 13.8 Å². The molecule has 0 bridgehead atoms. The minimum absolute atomic E-state index is 0.278. The summed E-state index contributed by atoms with van der Waals surface area (Å²) in [6.07, 6.45) is 5.22. The van der Waals surface area contributed by atoms with Gasteiger partial charge in [0.2, 0.25) is 0 Å². The van der Waals surface area contributed by atoms with Gasteiger partial charge in [0, 0.05) is 26.2 Å². The number of hydrogen-bond donors (Lipinski definition) is 7. The molecule has 9 N–H and O–H groups in total. The van der Waals surface area contributed by atoms with Crippen LogP contribution in [0.3, 0.4) is 0 Å². The molecular weight excluding hydrogens is 351 g/mol. The van der Waals surface area contributed by atoms with Gasteiger partial charge in [0.15, 0.2) is 0 Å². The van der Waals surface area contributed by atoms with Crippen LogP contribution in [0.5, 0.6) is 0 Å². The van der Waals surface area contributed by atoms with Crippen LogP contribution < -0.4 is 16.8 Å². The van der Waals surface area contributed by atoms with Crippen molar-refractivity contribution in [2.45, 2.75) is 39.5 Å². The Kier molecular flexibility index (Phi) is 25.1. The van der Waals surface area contributed by atoms with E-state index in [4.69, 9.17) is 30.1 Å². The van der Waals surface area contributed by atoms with E-state index in [1.807, 2.05) is 0 Å². The average Bonchev–Trinajstić information content (AvgIpc) is 2.52. The Balaban J connectivity index is -0.000000396. The van der Waals surface area contributed by atoms with Crippen molar-refractivity contribution in [2.75, 3.05) is 45.8 Å². The molecule has 0 rings (SSSR count). The first-order chi connectivity index (χ1) is 11.6. The van der Waals surface area contributed by atoms with Crippen molar-refractivity contribution in [3.8, 4) is 0 Å². The molecule has 0 saturated heterocycles. The summed E-state index contributed by atoms with van der Waals surface area (Å²) in [5.41, 5.74) is 10.0. The molecule has 0 fully saturated rings. The monoisotopic (exact) mass is 388 g/mol. The summed E-state index contributed by atoms with van der Waals surface area (Å²) in [5.74, 6) is -0.968. The predicted octanol–water partition coefficient (Wildman–Crippen LogP) is -0.462. The van der Waals surface area contributed by atoms with Gasteiger partial charge in [-0.3, -0.25) is 4.79 Å². The van der Waals surface area contributed by atoms with E-state index >= 15 is 0 Å². The Labute approximate surface area is 150 Å². The number of carbonyl (C=O) groups is 1. The van der Waals surface area contributed by atoms with Crippen molar-refractivity contribution in [1.82, 2.24) is 10.2 Å². The summed E-state index contributed by atoms with van der Waals surface area (Å²) < 4.78 is 8.88. The first kappa shape index (κ1) is 29.2. The number of nitrogens with one attached hydrogen (secondary N) is 1. The van der Waals surface area contributed by atoms with E-state index in [9.17, 15) is 4.79 Å². The van der Waals surface area contributed by atoms with Gasteiger partial charge in [0.05, 0.1) is 6.54 Å². The number of nitrogens with zero attached hydrogens (tertiary/aromatic N) is 1. The summed E-state index contributed by atoms with van der Waals surface area (Å²) >= 11 is 0. The highest BCUT2D eigenvalue weighted by molar-refractivity contribution is 7.45. The van der Waals surface area contributed by atoms with E-state index in [0.717, 1.165) is 19.6 Å². The Morgan fingerprint density at radius 1 is 1.00 bits per heavy atom. The highest BCUT2D eigenvalue weighted by Crippen LogP contribution is 2.25. The van der Waals surface area contributed by atoms with Gasteiger partial charge in [0.1, 0.15) is 0 Å². The zero-order valence-electron chi connectivity index (χ0n) is 15.4. The second kappa shape index (κ2) is 21.5. The number of hydrogen-bond acceptors (Lipinski definition) is 6. The van der Waals surface area contributed by atoms with Crippen LogP contribution in [0.4, 0.5) is 0 Å². The Bertz CT molecular complexity index is 314. The maximum Gasteiger partial charge on any atom is 0.466 e. The van der Waals surface area contributed by atoms with Crippen molar-refractivity contribution >= 4 is 13.8 Å². The molecule has 0 aromatic heterocycles. The molecular formula is C14H37N4O6P. The second-order valence-corrected chi connectivity index (χ2v) is 6.23. The first-order valence-corrected chi connectivity index (χ1v) is 10.0. The largest absolute Gasteiger partial charge is 0.480 e. The van der Waals surface area contributed by atoms with Gasteiger partial charge in [-0.2, -0.15) is 0 Å². The lowest BCUT2D eigenvalue weighted by atomic mass is 10.2. The maximum absolute atomic E-state index is 9.24. The van der Waals surface area contributed by atoms with E-state index in [1.54, 1.807) is 0 Å². The third kappa shape index (κ3) is 45.2. The molecule has 0 amide bonds. The lowest BCUT2D eigenvalue weighted by Gasteiger charge is -2.21. The number of carboxylic acid groups (broad SMARTS) is 1. The molecule has 0 unspecified atom stereocenters. The van der Waals surface area contributed by atoms with Crippen LogP contribution in [-0.2, 0) is 9.36 Å². The number of phosphoric acid groups is 1. The summed E-state index contributed by atoms with van der Waals surface area (Å²) in [5, 5.41) is 10.9. The summed E-state index contributed by atoms with van der Waals surface area (Å²) in [4.78, 5) is 33.4. The molecule has 154 valence electrons. The summed E-state index contributed by atoms with van der Waals surface area (Å²) in [6, 6.07) is 0. The highest BCUT2D eigenvalue weighted by atomic mass is 31.2. The van der Waals surface area contributed by atoms with Crippen molar-refractivity contribution in [2.24, 2.45) is 11.5 Å². The molecule has 0 aliphatic heterocycles. The Morgan fingerprint density at radius 2 is 1.40 bits per heavy atom. The predicted molar refractivity (Wildman–Crippen MR) is 99.1 cm³/mol. The van der Waals surface area contributed by atoms with Crippen LogP contribution >= 0.6 is 7.82 Å². The molecule has 0 aliphatic carbocycles. The van der Waals surface area contributed by atoms with Gasteiger partial charge < -0.3 is 41.5 Å². The molecule has 0 aromatic carbocycles. The molecule has 0 aromatic rings. The Morgan fingerprint density at radius 3 is 1.68 bits per heavy atom. The van der Waals surface area contributed by atoms with Crippen molar-refractivity contribution in [1.29, 1.82) is 0 Å². The third-order valence-electron chi connectivity index (χ3n) is 2.76. The zero-order valence-corrected chi connectivity index (χ0v) is 16.3. The van der Waals surface area contributed by atoms with E-state index in [1.165, 1.54) is 45.3 Å². The van der Waals surface area contributed by atoms with Gasteiger partial charge in [0.25, 0.3) is 0 Å².